The molecule has 23 heavy (non-hydrogen) atoms. The first kappa shape index (κ1) is 22.9. The Hall–Kier alpha value is -0.0800. The van der Waals surface area contributed by atoms with Crippen LogP contribution in [0.2, 0.25) is 0 Å². The average Bonchev–Trinajstić information content (AvgIpc) is 2.49. The number of hydrogen-bond donors (Lipinski definition) is 1. The van der Waals surface area contributed by atoms with Crippen LogP contribution in [-0.4, -0.2) is 64.5 Å². The molecule has 0 radical (unpaired) electrons. The van der Waals surface area contributed by atoms with Gasteiger partial charge in [0.1, 0.15) is 0 Å². The lowest BCUT2D eigenvalue weighted by atomic mass is 9.89. The van der Waals surface area contributed by atoms with Gasteiger partial charge < -0.3 is 19.7 Å². The molecule has 0 amide bonds. The minimum Gasteiger partial charge on any atom is -0.381 e. The van der Waals surface area contributed by atoms with Gasteiger partial charge in [-0.3, -0.25) is 4.99 Å². The summed E-state index contributed by atoms with van der Waals surface area (Å²) in [7, 11) is 5.72. The maximum absolute atomic E-state index is 5.59. The summed E-state index contributed by atoms with van der Waals surface area (Å²) in [6, 6.07) is 0. The molecular weight excluding hydrogens is 405 g/mol. The van der Waals surface area contributed by atoms with E-state index < -0.39 is 0 Å². The predicted octanol–water partition coefficient (Wildman–Crippen LogP) is 2.99. The lowest BCUT2D eigenvalue weighted by molar-refractivity contribution is 0.0201. The number of nitrogens with one attached hydrogen (secondary N) is 1. The van der Waals surface area contributed by atoms with E-state index in [4.69, 9.17) is 9.47 Å². The van der Waals surface area contributed by atoms with Crippen molar-refractivity contribution < 1.29 is 9.47 Å². The topological polar surface area (TPSA) is 46.1 Å². The largest absolute Gasteiger partial charge is 0.381 e. The molecule has 0 bridgehead atoms. The first-order valence-electron chi connectivity index (χ1n) is 8.40. The fourth-order valence-corrected chi connectivity index (χ4v) is 2.83. The van der Waals surface area contributed by atoms with Crippen LogP contribution in [0.1, 0.15) is 40.0 Å². The van der Waals surface area contributed by atoms with Gasteiger partial charge in [-0.25, -0.2) is 0 Å². The van der Waals surface area contributed by atoms with Crippen LogP contribution < -0.4 is 5.32 Å². The van der Waals surface area contributed by atoms with E-state index in [2.05, 4.69) is 43.0 Å². The highest BCUT2D eigenvalue weighted by Gasteiger charge is 2.24. The molecule has 0 spiro atoms. The lowest BCUT2D eigenvalue weighted by Crippen LogP contribution is -2.46. The Bertz CT molecular complexity index is 339. The molecule has 1 heterocycles. The van der Waals surface area contributed by atoms with Crippen LogP contribution in [0.5, 0.6) is 0 Å². The normalized spacial score (nSPS) is 18.3. The van der Waals surface area contributed by atoms with E-state index in [1.165, 1.54) is 19.3 Å². The minimum atomic E-state index is 0. The van der Waals surface area contributed by atoms with Crippen molar-refractivity contribution in [1.29, 1.82) is 0 Å². The first-order chi connectivity index (χ1) is 10.4. The van der Waals surface area contributed by atoms with Crippen molar-refractivity contribution in [2.24, 2.45) is 16.3 Å². The summed E-state index contributed by atoms with van der Waals surface area (Å²) < 4.78 is 11.0. The molecule has 1 rings (SSSR count). The molecular formula is C17H36IN3O2. The molecule has 1 atom stereocenters. The fourth-order valence-electron chi connectivity index (χ4n) is 2.83. The van der Waals surface area contributed by atoms with E-state index in [1.807, 2.05) is 7.05 Å². The molecule has 1 saturated heterocycles. The number of rotatable bonds is 6. The van der Waals surface area contributed by atoms with Crippen LogP contribution in [0.3, 0.4) is 0 Å². The van der Waals surface area contributed by atoms with Gasteiger partial charge in [0.2, 0.25) is 0 Å². The van der Waals surface area contributed by atoms with Gasteiger partial charge in [-0.1, -0.05) is 20.8 Å². The molecule has 0 aliphatic carbocycles. The van der Waals surface area contributed by atoms with Crippen molar-refractivity contribution in [3.8, 4) is 0 Å². The quantitative estimate of drug-likeness (QED) is 0.391. The Balaban J connectivity index is 0.00000484. The summed E-state index contributed by atoms with van der Waals surface area (Å²) in [6.07, 6.45) is 3.74. The van der Waals surface area contributed by atoms with Gasteiger partial charge in [0.25, 0.3) is 0 Å². The van der Waals surface area contributed by atoms with E-state index in [1.54, 1.807) is 7.11 Å². The number of ether oxygens (including phenoxy) is 2. The zero-order chi connectivity index (χ0) is 16.6. The molecule has 1 N–H and O–H groups in total. The van der Waals surface area contributed by atoms with Crippen LogP contribution in [0.4, 0.5) is 0 Å². The smallest absolute Gasteiger partial charge is 0.193 e. The molecule has 138 valence electrons. The highest BCUT2D eigenvalue weighted by Crippen LogP contribution is 2.21. The zero-order valence-corrected chi connectivity index (χ0v) is 18.1. The zero-order valence-electron chi connectivity index (χ0n) is 15.7. The van der Waals surface area contributed by atoms with E-state index >= 15 is 0 Å². The molecule has 0 saturated carbocycles. The predicted molar refractivity (Wildman–Crippen MR) is 108 cm³/mol. The maximum atomic E-state index is 5.59. The molecule has 1 unspecified atom stereocenters. The van der Waals surface area contributed by atoms with Crippen molar-refractivity contribution in [2.75, 3.05) is 47.5 Å². The SMILES string of the molecule is CN=C(NCC(OC)C(C)(C)C)N(C)CCC1CCOCC1.I. The number of hydrogen-bond acceptors (Lipinski definition) is 3. The van der Waals surface area contributed by atoms with Crippen LogP contribution in [0.25, 0.3) is 0 Å². The summed E-state index contributed by atoms with van der Waals surface area (Å²) in [5.74, 6) is 1.73. The summed E-state index contributed by atoms with van der Waals surface area (Å²) in [5.41, 5.74) is 0.112. The van der Waals surface area contributed by atoms with Gasteiger partial charge in [0.15, 0.2) is 5.96 Å². The molecule has 5 nitrogen and oxygen atoms in total. The van der Waals surface area contributed by atoms with Crippen LogP contribution in [-0.2, 0) is 9.47 Å². The second-order valence-corrected chi connectivity index (χ2v) is 7.28. The van der Waals surface area contributed by atoms with Gasteiger partial charge in [-0.15, -0.1) is 24.0 Å². The average molecular weight is 441 g/mol. The van der Waals surface area contributed by atoms with Crippen molar-refractivity contribution in [3.05, 3.63) is 0 Å². The van der Waals surface area contributed by atoms with Crippen molar-refractivity contribution in [3.63, 3.8) is 0 Å². The highest BCUT2D eigenvalue weighted by molar-refractivity contribution is 14.0. The molecule has 1 aliphatic heterocycles. The number of guanidine groups is 1. The summed E-state index contributed by atoms with van der Waals surface area (Å²) in [5, 5.41) is 3.44. The van der Waals surface area contributed by atoms with Gasteiger partial charge in [-0.05, 0) is 30.6 Å². The molecule has 0 aromatic rings. The Morgan fingerprint density at radius 1 is 1.35 bits per heavy atom. The third-order valence-electron chi connectivity index (χ3n) is 4.48. The van der Waals surface area contributed by atoms with E-state index in [9.17, 15) is 0 Å². The first-order valence-corrected chi connectivity index (χ1v) is 8.40. The van der Waals surface area contributed by atoms with Crippen LogP contribution in [0, 0.1) is 11.3 Å². The second-order valence-electron chi connectivity index (χ2n) is 7.28. The maximum Gasteiger partial charge on any atom is 0.193 e. The van der Waals surface area contributed by atoms with Crippen LogP contribution >= 0.6 is 24.0 Å². The van der Waals surface area contributed by atoms with E-state index in [0.717, 1.165) is 38.2 Å². The second kappa shape index (κ2) is 11.5. The third-order valence-corrected chi connectivity index (χ3v) is 4.48. The van der Waals surface area contributed by atoms with Gasteiger partial charge >= 0.3 is 0 Å². The number of halogens is 1. The highest BCUT2D eigenvalue weighted by atomic mass is 127. The molecule has 1 fully saturated rings. The van der Waals surface area contributed by atoms with E-state index in [0.29, 0.717) is 0 Å². The van der Waals surface area contributed by atoms with Gasteiger partial charge in [-0.2, -0.15) is 0 Å². The molecule has 1 aliphatic rings. The summed E-state index contributed by atoms with van der Waals surface area (Å²) >= 11 is 0. The Kier molecular flexibility index (Phi) is 11.4. The lowest BCUT2D eigenvalue weighted by Gasteiger charge is -2.32. The van der Waals surface area contributed by atoms with Crippen molar-refractivity contribution in [2.45, 2.75) is 46.1 Å². The molecule has 0 aromatic carbocycles. The van der Waals surface area contributed by atoms with Crippen molar-refractivity contribution in [1.82, 2.24) is 10.2 Å². The Morgan fingerprint density at radius 3 is 2.43 bits per heavy atom. The Labute approximate surface area is 159 Å². The van der Waals surface area contributed by atoms with E-state index in [-0.39, 0.29) is 35.5 Å². The number of nitrogens with zero attached hydrogens (tertiary/aromatic N) is 2. The minimum absolute atomic E-state index is 0. The molecule has 0 aromatic heterocycles. The number of aliphatic imine (C=N–C) groups is 1. The standard InChI is InChI=1S/C17H35N3O2.HI/c1-17(2,3)15(21-6)13-19-16(18-4)20(5)10-7-14-8-11-22-12-9-14;/h14-15H,7-13H2,1-6H3,(H,18,19);1H. The van der Waals surface area contributed by atoms with Gasteiger partial charge in [0.05, 0.1) is 6.10 Å². The van der Waals surface area contributed by atoms with Crippen LogP contribution in [0.15, 0.2) is 4.99 Å². The third kappa shape index (κ3) is 8.54. The monoisotopic (exact) mass is 441 g/mol. The summed E-state index contributed by atoms with van der Waals surface area (Å²) in [6.45, 7) is 10.2. The summed E-state index contributed by atoms with van der Waals surface area (Å²) in [4.78, 5) is 6.60. The van der Waals surface area contributed by atoms with Gasteiger partial charge in [0, 0.05) is 47.5 Å². The number of methoxy groups -OCH3 is 1. The van der Waals surface area contributed by atoms with Crippen molar-refractivity contribution >= 4 is 29.9 Å². The fraction of sp³-hybridized carbons (Fsp3) is 0.941. The molecule has 6 heteroatoms. The Morgan fingerprint density at radius 2 is 1.96 bits per heavy atom.